The van der Waals surface area contributed by atoms with E-state index >= 15 is 0 Å². The summed E-state index contributed by atoms with van der Waals surface area (Å²) in [6, 6.07) is 9.68. The molecule has 136 valence electrons. The molecule has 0 saturated heterocycles. The van der Waals surface area contributed by atoms with Gasteiger partial charge in [0.05, 0.1) is 23.7 Å². The fourth-order valence-corrected chi connectivity index (χ4v) is 4.22. The summed E-state index contributed by atoms with van der Waals surface area (Å²) in [5, 5.41) is 15.3. The van der Waals surface area contributed by atoms with Crippen molar-refractivity contribution in [1.82, 2.24) is 25.1 Å². The Hall–Kier alpha value is -2.55. The summed E-state index contributed by atoms with van der Waals surface area (Å²) in [6.45, 7) is 2.89. The van der Waals surface area contributed by atoms with Gasteiger partial charge in [-0.3, -0.25) is 0 Å². The number of halogens is 1. The zero-order valence-electron chi connectivity index (χ0n) is 14.3. The number of rotatable bonds is 3. The smallest absolute Gasteiger partial charge is 0.268 e. The van der Waals surface area contributed by atoms with E-state index in [9.17, 15) is 0 Å². The van der Waals surface area contributed by atoms with Crippen molar-refractivity contribution >= 4 is 22.9 Å². The largest absolute Gasteiger partial charge is 0.365 e. The van der Waals surface area contributed by atoms with Crippen molar-refractivity contribution in [2.45, 2.75) is 26.2 Å². The minimum absolute atomic E-state index is 0.171. The first-order valence-electron chi connectivity index (χ1n) is 8.37. The Bertz CT molecular complexity index is 1120. The topological polar surface area (TPSA) is 78.9 Å². The van der Waals surface area contributed by atoms with Crippen LogP contribution in [0.15, 0.2) is 40.2 Å². The molecule has 0 N–H and O–H groups in total. The van der Waals surface area contributed by atoms with Crippen LogP contribution in [0.5, 0.6) is 0 Å². The fourth-order valence-electron chi connectivity index (χ4n) is 3.11. The second-order valence-corrected chi connectivity index (χ2v) is 7.57. The normalized spacial score (nSPS) is 16.4. The maximum atomic E-state index is 6.29. The highest BCUT2D eigenvalue weighted by Gasteiger charge is 2.28. The summed E-state index contributed by atoms with van der Waals surface area (Å²) in [6.07, 6.45) is -0.171. The molecule has 0 fully saturated rings. The number of hydrogen-bond donors (Lipinski definition) is 0. The number of thiophene rings is 1. The van der Waals surface area contributed by atoms with Crippen LogP contribution in [-0.4, -0.2) is 25.1 Å². The summed E-state index contributed by atoms with van der Waals surface area (Å²) in [5.41, 5.74) is 3.45. The van der Waals surface area contributed by atoms with Crippen molar-refractivity contribution in [3.05, 3.63) is 57.6 Å². The van der Waals surface area contributed by atoms with E-state index in [4.69, 9.17) is 20.9 Å². The first kappa shape index (κ1) is 16.6. The average molecular weight is 400 g/mol. The van der Waals surface area contributed by atoms with Crippen LogP contribution in [0.3, 0.4) is 0 Å². The number of benzene rings is 1. The maximum absolute atomic E-state index is 6.29. The predicted molar refractivity (Wildman–Crippen MR) is 100 cm³/mol. The zero-order chi connectivity index (χ0) is 18.4. The van der Waals surface area contributed by atoms with Crippen LogP contribution in [0.2, 0.25) is 5.02 Å². The minimum Gasteiger partial charge on any atom is -0.365 e. The lowest BCUT2D eigenvalue weighted by Crippen LogP contribution is -2.22. The van der Waals surface area contributed by atoms with Gasteiger partial charge in [-0.25, -0.2) is 4.68 Å². The van der Waals surface area contributed by atoms with E-state index in [0.29, 0.717) is 35.6 Å². The molecule has 4 aromatic rings. The van der Waals surface area contributed by atoms with E-state index in [0.717, 1.165) is 21.7 Å². The van der Waals surface area contributed by atoms with E-state index in [1.165, 1.54) is 0 Å². The molecule has 3 aromatic heterocycles. The SMILES string of the molecule is Cc1ccsc1-c1nc(-c2nnn3c2CO[C@H](c2ccccc2Cl)C3)no1. The van der Waals surface area contributed by atoms with Gasteiger partial charge in [-0.15, -0.1) is 16.4 Å². The van der Waals surface area contributed by atoms with Crippen molar-refractivity contribution in [3.8, 4) is 22.3 Å². The monoisotopic (exact) mass is 399 g/mol. The number of hydrogen-bond acceptors (Lipinski definition) is 7. The lowest BCUT2D eigenvalue weighted by Gasteiger charge is -2.24. The molecule has 1 aromatic carbocycles. The lowest BCUT2D eigenvalue weighted by atomic mass is 10.1. The van der Waals surface area contributed by atoms with Crippen LogP contribution in [-0.2, 0) is 17.9 Å². The molecular weight excluding hydrogens is 386 g/mol. The number of aromatic nitrogens is 5. The molecule has 7 nitrogen and oxygen atoms in total. The standard InChI is InChI=1S/C18H14ClN5O2S/c1-10-6-7-27-16(10)18-20-17(22-26-18)15-13-9-25-14(8-24(13)23-21-15)11-4-2-3-5-12(11)19/h2-7,14H,8-9H2,1H3/t14-/m0/s1. The van der Waals surface area contributed by atoms with E-state index < -0.39 is 0 Å². The first-order chi connectivity index (χ1) is 13.2. The van der Waals surface area contributed by atoms with Gasteiger partial charge in [0.1, 0.15) is 6.10 Å². The minimum atomic E-state index is -0.171. The van der Waals surface area contributed by atoms with Gasteiger partial charge in [-0.05, 0) is 30.0 Å². The van der Waals surface area contributed by atoms with Gasteiger partial charge in [-0.2, -0.15) is 4.98 Å². The summed E-state index contributed by atoms with van der Waals surface area (Å²) < 4.78 is 13.3. The number of fused-ring (bicyclic) bond motifs is 1. The van der Waals surface area contributed by atoms with Crippen molar-refractivity contribution in [3.63, 3.8) is 0 Å². The summed E-state index contributed by atoms with van der Waals surface area (Å²) in [4.78, 5) is 5.46. The quantitative estimate of drug-likeness (QED) is 0.511. The van der Waals surface area contributed by atoms with Crippen LogP contribution in [0.1, 0.15) is 22.9 Å². The highest BCUT2D eigenvalue weighted by Crippen LogP contribution is 2.34. The lowest BCUT2D eigenvalue weighted by molar-refractivity contribution is -0.00106. The molecule has 0 radical (unpaired) electrons. The van der Waals surface area contributed by atoms with E-state index in [1.54, 1.807) is 11.3 Å². The summed E-state index contributed by atoms with van der Waals surface area (Å²) >= 11 is 7.86. The van der Waals surface area contributed by atoms with E-state index in [2.05, 4.69) is 20.5 Å². The van der Waals surface area contributed by atoms with E-state index in [1.807, 2.05) is 47.3 Å². The van der Waals surface area contributed by atoms with Crippen molar-refractivity contribution in [2.24, 2.45) is 0 Å². The molecule has 9 heteroatoms. The fraction of sp³-hybridized carbons (Fsp3) is 0.222. The molecule has 0 spiro atoms. The third-order valence-electron chi connectivity index (χ3n) is 4.54. The molecule has 5 rings (SSSR count). The maximum Gasteiger partial charge on any atom is 0.268 e. The molecule has 0 amide bonds. The molecule has 4 heterocycles. The highest BCUT2D eigenvalue weighted by atomic mass is 35.5. The molecule has 0 aliphatic carbocycles. The molecule has 1 aliphatic heterocycles. The Labute approximate surface area is 163 Å². The van der Waals surface area contributed by atoms with E-state index in [-0.39, 0.29) is 6.10 Å². The second-order valence-electron chi connectivity index (χ2n) is 6.24. The molecule has 1 atom stereocenters. The van der Waals surface area contributed by atoms with Gasteiger partial charge in [0.15, 0.2) is 5.69 Å². The van der Waals surface area contributed by atoms with Gasteiger partial charge in [0.2, 0.25) is 5.82 Å². The summed E-state index contributed by atoms with van der Waals surface area (Å²) in [7, 11) is 0. The first-order valence-corrected chi connectivity index (χ1v) is 9.63. The second kappa shape index (κ2) is 6.56. The number of nitrogens with zero attached hydrogens (tertiary/aromatic N) is 5. The Kier molecular flexibility index (Phi) is 4.04. The molecule has 0 bridgehead atoms. The van der Waals surface area contributed by atoms with Gasteiger partial charge in [-0.1, -0.05) is 40.2 Å². The van der Waals surface area contributed by atoms with Crippen molar-refractivity contribution < 1.29 is 9.26 Å². The van der Waals surface area contributed by atoms with Gasteiger partial charge >= 0.3 is 0 Å². The average Bonchev–Trinajstić information content (AvgIpc) is 3.40. The summed E-state index contributed by atoms with van der Waals surface area (Å²) in [5.74, 6) is 0.906. The van der Waals surface area contributed by atoms with Gasteiger partial charge in [0.25, 0.3) is 5.89 Å². The third-order valence-corrected chi connectivity index (χ3v) is 5.89. The van der Waals surface area contributed by atoms with Crippen molar-refractivity contribution in [1.29, 1.82) is 0 Å². The Morgan fingerprint density at radius 2 is 2.15 bits per heavy atom. The molecule has 0 unspecified atom stereocenters. The van der Waals surface area contributed by atoms with Crippen LogP contribution in [0.4, 0.5) is 0 Å². The Morgan fingerprint density at radius 3 is 2.96 bits per heavy atom. The van der Waals surface area contributed by atoms with Gasteiger partial charge < -0.3 is 9.26 Å². The molecule has 0 saturated carbocycles. The van der Waals surface area contributed by atoms with Gasteiger partial charge in [0, 0.05) is 10.6 Å². The number of ether oxygens (including phenoxy) is 1. The van der Waals surface area contributed by atoms with Crippen LogP contribution in [0.25, 0.3) is 22.3 Å². The highest BCUT2D eigenvalue weighted by molar-refractivity contribution is 7.13. The Morgan fingerprint density at radius 1 is 1.26 bits per heavy atom. The predicted octanol–water partition coefficient (Wildman–Crippen LogP) is 4.29. The molecular formula is C18H14ClN5O2S. The number of aryl methyl sites for hydroxylation is 1. The molecule has 1 aliphatic rings. The van der Waals surface area contributed by atoms with Crippen LogP contribution < -0.4 is 0 Å². The van der Waals surface area contributed by atoms with Crippen molar-refractivity contribution in [2.75, 3.05) is 0 Å². The van der Waals surface area contributed by atoms with Crippen LogP contribution >= 0.6 is 22.9 Å². The zero-order valence-corrected chi connectivity index (χ0v) is 15.9. The van der Waals surface area contributed by atoms with Crippen LogP contribution in [0, 0.1) is 6.92 Å². The Balaban J connectivity index is 1.45. The molecule has 27 heavy (non-hydrogen) atoms. The third kappa shape index (κ3) is 2.86.